The quantitative estimate of drug-likeness (QED) is 0.866. The maximum Gasteiger partial charge on any atom is 0.261 e. The summed E-state index contributed by atoms with van der Waals surface area (Å²) in [4.78, 5) is 13.6. The smallest absolute Gasteiger partial charge is 0.261 e. The summed E-state index contributed by atoms with van der Waals surface area (Å²) in [7, 11) is -3.79. The lowest BCUT2D eigenvalue weighted by Gasteiger charge is -2.33. The van der Waals surface area contributed by atoms with Gasteiger partial charge in [0, 0.05) is 12.6 Å². The first-order valence-corrected chi connectivity index (χ1v) is 10.4. The maximum atomic E-state index is 12.8. The molecule has 6 nitrogen and oxygen atoms in total. The molecule has 0 bridgehead atoms. The zero-order chi connectivity index (χ0) is 19.8. The number of sulfonamides is 1. The van der Waals surface area contributed by atoms with Crippen LogP contribution in [0, 0.1) is 0 Å². The Labute approximate surface area is 160 Å². The van der Waals surface area contributed by atoms with E-state index in [0.29, 0.717) is 29.6 Å². The third-order valence-corrected chi connectivity index (χ3v) is 5.89. The zero-order valence-electron chi connectivity index (χ0n) is 15.9. The highest BCUT2D eigenvalue weighted by Crippen LogP contribution is 2.36. The van der Waals surface area contributed by atoms with Gasteiger partial charge in [-0.1, -0.05) is 26.0 Å². The first kappa shape index (κ1) is 19.2. The lowest BCUT2D eigenvalue weighted by Crippen LogP contribution is -2.41. The summed E-state index contributed by atoms with van der Waals surface area (Å²) in [5.41, 5.74) is 2.10. The number of anilines is 2. The molecule has 1 aliphatic rings. The standard InChI is InChI=1S/C20H24N2O4S/c1-13(2)16-5-7-17(8-6-16)21-27(24,25)18-9-10-20-19(11-18)22(15(4)23)12-14(3)26-20/h5-11,13-14,21H,12H2,1-4H3. The Morgan fingerprint density at radius 3 is 2.44 bits per heavy atom. The number of carbonyl (C=O) groups is 1. The van der Waals surface area contributed by atoms with E-state index in [1.807, 2.05) is 19.1 Å². The van der Waals surface area contributed by atoms with Crippen molar-refractivity contribution in [2.24, 2.45) is 0 Å². The van der Waals surface area contributed by atoms with Crippen molar-refractivity contribution < 1.29 is 17.9 Å². The van der Waals surface area contributed by atoms with Crippen LogP contribution in [0.3, 0.4) is 0 Å². The Morgan fingerprint density at radius 2 is 1.85 bits per heavy atom. The van der Waals surface area contributed by atoms with Gasteiger partial charge in [-0.25, -0.2) is 8.42 Å². The van der Waals surface area contributed by atoms with Crippen LogP contribution in [0.15, 0.2) is 47.4 Å². The highest BCUT2D eigenvalue weighted by atomic mass is 32.2. The van der Waals surface area contributed by atoms with Crippen LogP contribution in [0.2, 0.25) is 0 Å². The van der Waals surface area contributed by atoms with Gasteiger partial charge in [-0.3, -0.25) is 9.52 Å². The van der Waals surface area contributed by atoms with Crippen molar-refractivity contribution in [2.75, 3.05) is 16.2 Å². The van der Waals surface area contributed by atoms with E-state index in [-0.39, 0.29) is 16.9 Å². The highest BCUT2D eigenvalue weighted by Gasteiger charge is 2.27. The van der Waals surface area contributed by atoms with Crippen molar-refractivity contribution in [3.63, 3.8) is 0 Å². The van der Waals surface area contributed by atoms with Crippen LogP contribution < -0.4 is 14.4 Å². The molecule has 2 aromatic carbocycles. The Bertz CT molecular complexity index is 952. The number of benzene rings is 2. The number of carbonyl (C=O) groups excluding carboxylic acids is 1. The van der Waals surface area contributed by atoms with Gasteiger partial charge in [-0.2, -0.15) is 0 Å². The molecule has 0 radical (unpaired) electrons. The molecule has 0 fully saturated rings. The van der Waals surface area contributed by atoms with E-state index in [1.165, 1.54) is 19.1 Å². The second kappa shape index (κ2) is 7.23. The minimum absolute atomic E-state index is 0.0820. The molecule has 1 N–H and O–H groups in total. The van der Waals surface area contributed by atoms with Crippen LogP contribution in [0.5, 0.6) is 5.75 Å². The van der Waals surface area contributed by atoms with E-state index < -0.39 is 10.0 Å². The summed E-state index contributed by atoms with van der Waals surface area (Å²) >= 11 is 0. The van der Waals surface area contributed by atoms with Crippen molar-refractivity contribution in [1.82, 2.24) is 0 Å². The number of rotatable bonds is 4. The molecule has 1 atom stereocenters. The molecule has 3 rings (SSSR count). The zero-order valence-corrected chi connectivity index (χ0v) is 16.7. The van der Waals surface area contributed by atoms with Gasteiger partial charge in [-0.05, 0) is 48.7 Å². The molecule has 2 aromatic rings. The molecule has 0 saturated heterocycles. The van der Waals surface area contributed by atoms with Gasteiger partial charge >= 0.3 is 0 Å². The van der Waals surface area contributed by atoms with Gasteiger partial charge in [0.2, 0.25) is 5.91 Å². The first-order chi connectivity index (χ1) is 12.7. The third-order valence-electron chi connectivity index (χ3n) is 4.51. The van der Waals surface area contributed by atoms with E-state index in [9.17, 15) is 13.2 Å². The van der Waals surface area contributed by atoms with Gasteiger partial charge in [0.1, 0.15) is 11.9 Å². The molecule has 1 unspecified atom stereocenters. The summed E-state index contributed by atoms with van der Waals surface area (Å²) in [6.07, 6.45) is -0.151. The molecule has 144 valence electrons. The Kier molecular flexibility index (Phi) is 5.15. The van der Waals surface area contributed by atoms with E-state index in [4.69, 9.17) is 4.74 Å². The number of ether oxygens (including phenoxy) is 1. The number of nitrogens with one attached hydrogen (secondary N) is 1. The van der Waals surface area contributed by atoms with Crippen LogP contribution in [-0.4, -0.2) is 27.0 Å². The molecule has 1 heterocycles. The predicted molar refractivity (Wildman–Crippen MR) is 106 cm³/mol. The average Bonchev–Trinajstić information content (AvgIpc) is 2.60. The Morgan fingerprint density at radius 1 is 1.19 bits per heavy atom. The highest BCUT2D eigenvalue weighted by molar-refractivity contribution is 7.92. The normalized spacial score (nSPS) is 16.6. The molecule has 0 aliphatic carbocycles. The number of hydrogen-bond donors (Lipinski definition) is 1. The van der Waals surface area contributed by atoms with E-state index in [1.54, 1.807) is 23.1 Å². The lowest BCUT2D eigenvalue weighted by atomic mass is 10.0. The fourth-order valence-electron chi connectivity index (χ4n) is 3.03. The van der Waals surface area contributed by atoms with Gasteiger partial charge < -0.3 is 9.64 Å². The monoisotopic (exact) mass is 388 g/mol. The first-order valence-electron chi connectivity index (χ1n) is 8.89. The van der Waals surface area contributed by atoms with Gasteiger partial charge in [0.25, 0.3) is 10.0 Å². The molecule has 0 aromatic heterocycles. The van der Waals surface area contributed by atoms with Crippen molar-refractivity contribution in [1.29, 1.82) is 0 Å². The minimum atomic E-state index is -3.79. The van der Waals surface area contributed by atoms with Crippen LogP contribution in [-0.2, 0) is 14.8 Å². The SMILES string of the molecule is CC(=O)N1CC(C)Oc2ccc(S(=O)(=O)Nc3ccc(C(C)C)cc3)cc21. The van der Waals surface area contributed by atoms with Crippen molar-refractivity contribution >= 4 is 27.3 Å². The van der Waals surface area contributed by atoms with E-state index in [2.05, 4.69) is 18.6 Å². The predicted octanol–water partition coefficient (Wildman–Crippen LogP) is 3.74. The lowest BCUT2D eigenvalue weighted by molar-refractivity contribution is -0.117. The second-order valence-corrected chi connectivity index (χ2v) is 8.75. The van der Waals surface area contributed by atoms with Gasteiger partial charge in [0.05, 0.1) is 17.1 Å². The maximum absolute atomic E-state index is 12.8. The fourth-order valence-corrected chi connectivity index (χ4v) is 4.11. The van der Waals surface area contributed by atoms with E-state index in [0.717, 1.165) is 5.56 Å². The van der Waals surface area contributed by atoms with Crippen molar-refractivity contribution in [3.05, 3.63) is 48.0 Å². The minimum Gasteiger partial charge on any atom is -0.487 e. The fraction of sp³-hybridized carbons (Fsp3) is 0.350. The molecule has 1 amide bonds. The van der Waals surface area contributed by atoms with Gasteiger partial charge in [0.15, 0.2) is 0 Å². The molecule has 1 aliphatic heterocycles. The van der Waals surface area contributed by atoms with Crippen LogP contribution >= 0.6 is 0 Å². The molecule has 0 spiro atoms. The van der Waals surface area contributed by atoms with Gasteiger partial charge in [-0.15, -0.1) is 0 Å². The number of nitrogens with zero attached hydrogens (tertiary/aromatic N) is 1. The third kappa shape index (κ3) is 4.08. The Hall–Kier alpha value is -2.54. The number of fused-ring (bicyclic) bond motifs is 1. The Balaban J connectivity index is 1.91. The second-order valence-electron chi connectivity index (χ2n) is 7.07. The van der Waals surface area contributed by atoms with Crippen LogP contribution in [0.4, 0.5) is 11.4 Å². The van der Waals surface area contributed by atoms with E-state index >= 15 is 0 Å². The molecule has 7 heteroatoms. The summed E-state index contributed by atoms with van der Waals surface area (Å²) in [5, 5.41) is 0. The molecular formula is C20H24N2O4S. The number of amides is 1. The topological polar surface area (TPSA) is 75.7 Å². The van der Waals surface area contributed by atoms with Crippen LogP contribution in [0.1, 0.15) is 39.2 Å². The summed E-state index contributed by atoms with van der Waals surface area (Å²) in [6, 6.07) is 11.9. The van der Waals surface area contributed by atoms with Crippen molar-refractivity contribution in [2.45, 2.75) is 44.6 Å². The molecule has 27 heavy (non-hydrogen) atoms. The average molecular weight is 388 g/mol. The largest absolute Gasteiger partial charge is 0.487 e. The summed E-state index contributed by atoms with van der Waals surface area (Å²) in [6.45, 7) is 7.87. The van der Waals surface area contributed by atoms with Crippen molar-refractivity contribution in [3.8, 4) is 5.75 Å². The molecular weight excluding hydrogens is 364 g/mol. The number of hydrogen-bond acceptors (Lipinski definition) is 4. The summed E-state index contributed by atoms with van der Waals surface area (Å²) in [5.74, 6) is 0.721. The summed E-state index contributed by atoms with van der Waals surface area (Å²) < 4.78 is 33.9. The van der Waals surface area contributed by atoms with Crippen LogP contribution in [0.25, 0.3) is 0 Å². The molecule has 0 saturated carbocycles.